The van der Waals surface area contributed by atoms with Gasteiger partial charge in [0.25, 0.3) is 0 Å². The maximum Gasteiger partial charge on any atom is 0.176 e. The van der Waals surface area contributed by atoms with Crippen LogP contribution in [-0.4, -0.2) is 46.2 Å². The Labute approximate surface area is 374 Å². The Morgan fingerprint density at radius 3 is 1.09 bits per heavy atom. The summed E-state index contributed by atoms with van der Waals surface area (Å²) in [6.07, 6.45) is 9.95. The first-order valence-corrected chi connectivity index (χ1v) is 21.1. The summed E-state index contributed by atoms with van der Waals surface area (Å²) in [5.41, 5.74) is 6.97. The molecule has 4 aromatic carbocycles. The van der Waals surface area contributed by atoms with Crippen molar-refractivity contribution in [1.29, 1.82) is 0 Å². The zero-order valence-corrected chi connectivity index (χ0v) is 35.7. The summed E-state index contributed by atoms with van der Waals surface area (Å²) in [6.45, 7) is 0. The predicted molar refractivity (Wildman–Crippen MR) is 248 cm³/mol. The average Bonchev–Trinajstić information content (AvgIpc) is 4.20. The van der Waals surface area contributed by atoms with Crippen molar-refractivity contribution in [1.82, 2.24) is 24.9 Å². The van der Waals surface area contributed by atoms with E-state index < -0.39 is 33.7 Å². The van der Waals surface area contributed by atoms with Crippen LogP contribution in [0.2, 0.25) is 0 Å². The summed E-state index contributed by atoms with van der Waals surface area (Å²) in [5.74, 6) is -4.31. The summed E-state index contributed by atoms with van der Waals surface area (Å²) >= 11 is 0.556. The molecule has 10 rings (SSSR count). The van der Waals surface area contributed by atoms with E-state index in [9.17, 15) is 0 Å². The van der Waals surface area contributed by atoms with Crippen LogP contribution in [0, 0.1) is 23.3 Å². The van der Waals surface area contributed by atoms with Crippen molar-refractivity contribution in [3.63, 3.8) is 0 Å². The normalized spacial score (nSPS) is 11.9. The predicted octanol–water partition coefficient (Wildman–Crippen LogP) is 13.5. The van der Waals surface area contributed by atoms with Crippen LogP contribution in [-0.2, 0) is 0 Å². The molecule has 8 bridgehead atoms. The highest BCUT2D eigenvalue weighted by Gasteiger charge is 2.30. The molecule has 4 aromatic heterocycles. The zero-order chi connectivity index (χ0) is 44.8. The van der Waals surface area contributed by atoms with E-state index in [0.717, 1.165) is 27.8 Å². The van der Waals surface area contributed by atoms with Crippen LogP contribution in [0.5, 0.6) is 17.2 Å². The van der Waals surface area contributed by atoms with Gasteiger partial charge in [0.15, 0.2) is 23.3 Å². The van der Waals surface area contributed by atoms with Gasteiger partial charge in [0.05, 0.1) is 54.6 Å². The minimum absolute atomic E-state index is 0.0506. The van der Waals surface area contributed by atoms with Gasteiger partial charge in [-0.05, 0) is 114 Å². The number of hydrogen-bond donors (Lipinski definition) is 2. The van der Waals surface area contributed by atoms with Crippen LogP contribution in [0.15, 0.2) is 131 Å². The third-order valence-corrected chi connectivity index (χ3v) is 12.3. The van der Waals surface area contributed by atoms with E-state index in [2.05, 4.69) is 15.0 Å². The third-order valence-electron chi connectivity index (χ3n) is 11.2. The average molecular weight is 886 g/mol. The molecule has 320 valence electrons. The van der Waals surface area contributed by atoms with E-state index in [1.807, 2.05) is 97.1 Å². The summed E-state index contributed by atoms with van der Waals surface area (Å²) in [7, 11) is 4.76. The van der Waals surface area contributed by atoms with Crippen LogP contribution in [0.25, 0.3) is 90.9 Å². The minimum Gasteiger partial charge on any atom is -0.497 e. The highest BCUT2D eigenvalue weighted by molar-refractivity contribution is 7.99. The Hall–Kier alpha value is -7.90. The van der Waals surface area contributed by atoms with Gasteiger partial charge in [0.1, 0.15) is 17.2 Å². The number of aromatic amines is 2. The summed E-state index contributed by atoms with van der Waals surface area (Å²) in [4.78, 5) is 20.7. The van der Waals surface area contributed by atoms with Crippen molar-refractivity contribution in [2.75, 3.05) is 21.3 Å². The first kappa shape index (κ1) is 41.1. The fourth-order valence-corrected chi connectivity index (χ4v) is 8.95. The van der Waals surface area contributed by atoms with Crippen molar-refractivity contribution in [2.45, 2.75) is 9.79 Å². The van der Waals surface area contributed by atoms with Gasteiger partial charge in [-0.2, -0.15) is 0 Å². The maximum atomic E-state index is 16.8. The lowest BCUT2D eigenvalue weighted by molar-refractivity contribution is 0.415. The number of halogens is 4. The number of rotatable bonds is 9. The van der Waals surface area contributed by atoms with Gasteiger partial charge < -0.3 is 24.2 Å². The molecule has 0 spiro atoms. The molecule has 0 radical (unpaired) electrons. The second-order valence-corrected chi connectivity index (χ2v) is 16.0. The molecule has 65 heavy (non-hydrogen) atoms. The summed E-state index contributed by atoms with van der Waals surface area (Å²) < 4.78 is 82.7. The highest BCUT2D eigenvalue weighted by atomic mass is 32.2. The van der Waals surface area contributed by atoms with Gasteiger partial charge in [-0.1, -0.05) is 48.2 Å². The van der Waals surface area contributed by atoms with Crippen LogP contribution < -0.4 is 14.2 Å². The van der Waals surface area contributed by atoms with E-state index in [4.69, 9.17) is 24.2 Å². The minimum atomic E-state index is -1.58. The van der Waals surface area contributed by atoms with Crippen molar-refractivity contribution < 1.29 is 31.8 Å². The monoisotopic (exact) mass is 885 g/mol. The van der Waals surface area contributed by atoms with Crippen LogP contribution in [0.1, 0.15) is 22.8 Å². The van der Waals surface area contributed by atoms with E-state index in [1.54, 1.807) is 45.6 Å². The van der Waals surface area contributed by atoms with E-state index in [1.165, 1.54) is 24.5 Å². The molecule has 8 nitrogen and oxygen atoms in total. The van der Waals surface area contributed by atoms with Crippen molar-refractivity contribution in [3.05, 3.63) is 168 Å². The second-order valence-electron chi connectivity index (χ2n) is 14.9. The molecule has 0 unspecified atom stereocenters. The third kappa shape index (κ3) is 7.49. The van der Waals surface area contributed by atoms with Crippen molar-refractivity contribution in [3.8, 4) is 61.8 Å². The topological polar surface area (TPSA) is 97.9 Å². The lowest BCUT2D eigenvalue weighted by Crippen LogP contribution is -2.04. The molecule has 2 N–H and O–H groups in total. The second kappa shape index (κ2) is 17.0. The molecule has 0 fully saturated rings. The van der Waals surface area contributed by atoms with Gasteiger partial charge >= 0.3 is 0 Å². The molecule has 13 heteroatoms. The number of nitrogens with one attached hydrogen (secondary N) is 2. The Kier molecular flexibility index (Phi) is 10.8. The zero-order valence-electron chi connectivity index (χ0n) is 34.8. The largest absolute Gasteiger partial charge is 0.497 e. The standard InChI is InChI=1S/C52H35F4N5O3S/c1-62-31-10-4-28(5-11-31)43-35-16-18-37(58-35)44(29-6-12-32(63-2)13-7-29)39-20-22-41(60-39)46(47-48(53)50(55)52(51(56)49(47)54)65-34-24-26-57-27-25-34)42-23-21-40(61-42)45(38-19-17-36(43)59-38)30-8-14-33(64-3)15-9-30/h4-27,58,61H,1-3H3. The fourth-order valence-electron chi connectivity index (χ4n) is 8.10. The van der Waals surface area contributed by atoms with Crippen LogP contribution in [0.4, 0.5) is 17.6 Å². The van der Waals surface area contributed by atoms with E-state index >= 15 is 17.6 Å². The molecule has 0 aliphatic carbocycles. The van der Waals surface area contributed by atoms with Gasteiger partial charge in [-0.3, -0.25) is 4.98 Å². The molecular formula is C52H35F4N5O3S. The molecule has 0 saturated carbocycles. The molecule has 0 atom stereocenters. The lowest BCUT2D eigenvalue weighted by Gasteiger charge is -2.13. The van der Waals surface area contributed by atoms with Crippen molar-refractivity contribution >= 4 is 58.1 Å². The molecule has 0 amide bonds. The number of ether oxygens (including phenoxy) is 3. The quantitative estimate of drug-likeness (QED) is 0.110. The van der Waals surface area contributed by atoms with Crippen LogP contribution in [0.3, 0.4) is 0 Å². The van der Waals surface area contributed by atoms with Gasteiger partial charge in [0.2, 0.25) is 0 Å². The Morgan fingerprint density at radius 2 is 0.738 bits per heavy atom. The molecule has 8 aromatic rings. The van der Waals surface area contributed by atoms with E-state index in [-0.39, 0.29) is 16.8 Å². The Balaban J connectivity index is 1.35. The first-order valence-electron chi connectivity index (χ1n) is 20.3. The van der Waals surface area contributed by atoms with Gasteiger partial charge in [-0.25, -0.2) is 27.5 Å². The van der Waals surface area contributed by atoms with Gasteiger partial charge in [-0.15, -0.1) is 0 Å². The number of aromatic nitrogens is 5. The molecule has 6 heterocycles. The fraction of sp³-hybridized carbons (Fsp3) is 0.0577. The number of pyridine rings is 1. The highest BCUT2D eigenvalue weighted by Crippen LogP contribution is 2.43. The summed E-state index contributed by atoms with van der Waals surface area (Å²) in [6, 6.07) is 32.7. The smallest absolute Gasteiger partial charge is 0.176 e. The van der Waals surface area contributed by atoms with Crippen molar-refractivity contribution in [2.24, 2.45) is 0 Å². The Morgan fingerprint density at radius 1 is 0.400 bits per heavy atom. The van der Waals surface area contributed by atoms with Crippen LogP contribution >= 0.6 is 11.8 Å². The number of methoxy groups -OCH3 is 3. The lowest BCUT2D eigenvalue weighted by atomic mass is 10.0. The molecule has 0 saturated heterocycles. The van der Waals surface area contributed by atoms with E-state index in [0.29, 0.717) is 73.1 Å². The number of fused-ring (bicyclic) bond motifs is 8. The maximum absolute atomic E-state index is 16.8. The number of H-pyrrole nitrogens is 2. The first-order chi connectivity index (χ1) is 31.7. The summed E-state index contributed by atoms with van der Waals surface area (Å²) in [5, 5.41) is 0. The number of nitrogens with zero attached hydrogens (tertiary/aromatic N) is 3. The number of benzene rings is 4. The SMILES string of the molecule is COc1ccc(-c2c3nc(c(-c4ccc(OC)cc4)c4ccc([nH]4)c(-c4c(F)c(F)c(Sc5ccncc5)c(F)c4F)c4nc(c(-c5ccc(OC)cc5)c5ccc2[nH]5)C=C4)C=C3)cc1. The molecule has 2 aliphatic heterocycles. The Bertz CT molecular complexity index is 3310. The molecule has 2 aliphatic rings. The van der Waals surface area contributed by atoms with Gasteiger partial charge in [0, 0.05) is 61.6 Å². The number of hydrogen-bond acceptors (Lipinski definition) is 7. The molecular weight excluding hydrogens is 851 g/mol.